The normalized spacial score (nSPS) is 11.4. The largest absolute Gasteiger partial charge is 0.439 e. The van der Waals surface area contributed by atoms with Gasteiger partial charge in [0.25, 0.3) is 6.33 Å². The van der Waals surface area contributed by atoms with E-state index >= 15 is 0 Å². The van der Waals surface area contributed by atoms with Crippen LogP contribution in [0, 0.1) is 0 Å². The second kappa shape index (κ2) is 9.50. The molecule has 0 N–H and O–H groups in total. The Morgan fingerprint density at radius 1 is 0.561 bits per heavy atom. The number of imidazole rings is 1. The van der Waals surface area contributed by atoms with E-state index in [-0.39, 0.29) is 0 Å². The molecule has 3 aromatic heterocycles. The first-order valence-electron chi connectivity index (χ1n) is 13.6. The van der Waals surface area contributed by atoms with E-state index in [1.165, 1.54) is 10.8 Å². The lowest BCUT2D eigenvalue weighted by atomic mass is 10.1. The molecule has 5 heteroatoms. The minimum atomic E-state index is 0.535. The van der Waals surface area contributed by atoms with Crippen molar-refractivity contribution in [3.05, 3.63) is 152 Å². The van der Waals surface area contributed by atoms with Gasteiger partial charge in [-0.1, -0.05) is 72.8 Å². The number of aromatic nitrogens is 4. The fraction of sp³-hybridized carbons (Fsp3) is 0. The molecule has 5 aromatic carbocycles. The minimum absolute atomic E-state index is 0.535. The summed E-state index contributed by atoms with van der Waals surface area (Å²) in [6.07, 6.45) is 2.08. The van der Waals surface area contributed by atoms with Gasteiger partial charge in [0.2, 0.25) is 11.7 Å². The van der Waals surface area contributed by atoms with Gasteiger partial charge in [-0.2, -0.15) is 14.1 Å². The van der Waals surface area contributed by atoms with Crippen LogP contribution in [0.25, 0.3) is 50.0 Å². The molecule has 0 unspecified atom stereocenters. The van der Waals surface area contributed by atoms with Crippen LogP contribution >= 0.6 is 0 Å². The van der Waals surface area contributed by atoms with Crippen molar-refractivity contribution >= 4 is 32.8 Å². The highest BCUT2D eigenvalue weighted by Crippen LogP contribution is 2.35. The molecular formula is C36H25N4O+. The Morgan fingerprint density at radius 2 is 1.27 bits per heavy atom. The molecule has 0 aliphatic rings. The fourth-order valence-corrected chi connectivity index (χ4v) is 5.67. The van der Waals surface area contributed by atoms with Gasteiger partial charge >= 0.3 is 0 Å². The molecule has 0 fully saturated rings. The Morgan fingerprint density at radius 3 is 2.12 bits per heavy atom. The monoisotopic (exact) mass is 529 g/mol. The van der Waals surface area contributed by atoms with Crippen molar-refractivity contribution in [3.63, 3.8) is 0 Å². The third-order valence-corrected chi connectivity index (χ3v) is 7.50. The number of benzene rings is 5. The number of hydrogen-bond acceptors (Lipinski definition) is 2. The predicted molar refractivity (Wildman–Crippen MR) is 163 cm³/mol. The van der Waals surface area contributed by atoms with Crippen molar-refractivity contribution < 1.29 is 9.30 Å². The van der Waals surface area contributed by atoms with Gasteiger partial charge in [-0.05, 0) is 54.6 Å². The van der Waals surface area contributed by atoms with Gasteiger partial charge in [0.1, 0.15) is 11.4 Å². The summed E-state index contributed by atoms with van der Waals surface area (Å²) in [5.74, 6) is 2.06. The molecule has 0 spiro atoms. The van der Waals surface area contributed by atoms with E-state index in [4.69, 9.17) is 9.72 Å². The molecule has 0 radical (unpaired) electrons. The number of fused-ring (bicyclic) bond motifs is 4. The molecule has 5 nitrogen and oxygen atoms in total. The van der Waals surface area contributed by atoms with Crippen molar-refractivity contribution in [2.45, 2.75) is 0 Å². The quantitative estimate of drug-likeness (QED) is 0.211. The number of para-hydroxylation sites is 5. The number of ether oxygens (including phenoxy) is 1. The lowest BCUT2D eigenvalue weighted by molar-refractivity contribution is -0.567. The summed E-state index contributed by atoms with van der Waals surface area (Å²) in [6, 6.07) is 49.8. The predicted octanol–water partition coefficient (Wildman–Crippen LogP) is 8.19. The van der Waals surface area contributed by atoms with Crippen LogP contribution < -0.4 is 9.30 Å². The number of hydrogen-bond donors (Lipinski definition) is 0. The average molecular weight is 530 g/mol. The molecule has 3 heterocycles. The molecule has 8 rings (SSSR count). The highest BCUT2D eigenvalue weighted by molar-refractivity contribution is 6.09. The zero-order valence-electron chi connectivity index (χ0n) is 22.1. The number of rotatable bonds is 5. The van der Waals surface area contributed by atoms with E-state index in [0.717, 1.165) is 45.0 Å². The second-order valence-electron chi connectivity index (χ2n) is 9.98. The first kappa shape index (κ1) is 23.2. The summed E-state index contributed by atoms with van der Waals surface area (Å²) in [5, 5.41) is 2.40. The van der Waals surface area contributed by atoms with E-state index in [9.17, 15) is 0 Å². The minimum Gasteiger partial charge on any atom is -0.439 e. The highest BCUT2D eigenvalue weighted by atomic mass is 16.5. The van der Waals surface area contributed by atoms with Crippen LogP contribution in [0.15, 0.2) is 152 Å². The lowest BCUT2D eigenvalue weighted by Crippen LogP contribution is -2.28. The van der Waals surface area contributed by atoms with Crippen LogP contribution in [0.3, 0.4) is 0 Å². The summed E-state index contributed by atoms with van der Waals surface area (Å²) in [5.41, 5.74) is 6.63. The second-order valence-corrected chi connectivity index (χ2v) is 9.98. The molecule has 0 bridgehead atoms. The van der Waals surface area contributed by atoms with Gasteiger partial charge < -0.3 is 9.30 Å². The molecule has 0 atom stereocenters. The molecule has 0 amide bonds. The van der Waals surface area contributed by atoms with Gasteiger partial charge in [0.05, 0.1) is 11.0 Å². The first-order valence-corrected chi connectivity index (χ1v) is 13.6. The summed E-state index contributed by atoms with van der Waals surface area (Å²) in [6.45, 7) is 0. The first-order chi connectivity index (χ1) is 20.3. The van der Waals surface area contributed by atoms with Crippen LogP contribution in [0.4, 0.5) is 0 Å². The van der Waals surface area contributed by atoms with Crippen LogP contribution in [-0.2, 0) is 0 Å². The van der Waals surface area contributed by atoms with Gasteiger partial charge in [0, 0.05) is 34.7 Å². The molecule has 8 aromatic rings. The Kier molecular flexibility index (Phi) is 5.38. The fourth-order valence-electron chi connectivity index (χ4n) is 5.67. The van der Waals surface area contributed by atoms with E-state index in [2.05, 4.69) is 129 Å². The Bertz CT molecular complexity index is 2180. The van der Waals surface area contributed by atoms with Crippen LogP contribution in [0.5, 0.6) is 11.6 Å². The van der Waals surface area contributed by atoms with E-state index in [1.54, 1.807) is 0 Å². The lowest BCUT2D eigenvalue weighted by Gasteiger charge is -2.09. The van der Waals surface area contributed by atoms with Gasteiger partial charge in [-0.3, -0.25) is 0 Å². The average Bonchev–Trinajstić information content (AvgIpc) is 3.58. The van der Waals surface area contributed by atoms with Gasteiger partial charge in [0.15, 0.2) is 11.0 Å². The standard InChI is InChI=1S/C36H25N4O/c1-3-12-26(13-4-1)38-25-39(33-19-10-9-18-32(33)38)35-20-11-21-36(37-35)41-28-22-23-30-29-16-7-8-17-31(29)40(34(30)24-28)27-14-5-2-6-15-27/h1-25H/q+1. The van der Waals surface area contributed by atoms with E-state index in [0.29, 0.717) is 5.88 Å². The maximum Gasteiger partial charge on any atom is 0.256 e. The summed E-state index contributed by atoms with van der Waals surface area (Å²) in [4.78, 5) is 4.92. The van der Waals surface area contributed by atoms with E-state index in [1.807, 2.05) is 36.4 Å². The zero-order valence-corrected chi connectivity index (χ0v) is 22.1. The Labute approximate surface area is 236 Å². The smallest absolute Gasteiger partial charge is 0.256 e. The summed E-state index contributed by atoms with van der Waals surface area (Å²) in [7, 11) is 0. The summed E-state index contributed by atoms with van der Waals surface area (Å²) >= 11 is 0. The molecule has 0 saturated carbocycles. The topological polar surface area (TPSA) is 35.9 Å². The highest BCUT2D eigenvalue weighted by Gasteiger charge is 2.20. The molecule has 194 valence electrons. The van der Waals surface area contributed by atoms with Crippen molar-refractivity contribution in [2.75, 3.05) is 0 Å². The maximum absolute atomic E-state index is 6.39. The molecule has 0 aliphatic heterocycles. The van der Waals surface area contributed by atoms with Crippen LogP contribution in [0.1, 0.15) is 0 Å². The number of nitrogens with zero attached hydrogens (tertiary/aromatic N) is 4. The SMILES string of the molecule is c1ccc(-n2c3ccccc3c3ccc(Oc4cccc(-n5c[n+](-c6ccccc6)c6ccccc65)n4)cc32)cc1. The van der Waals surface area contributed by atoms with Crippen molar-refractivity contribution in [1.82, 2.24) is 14.1 Å². The summed E-state index contributed by atoms with van der Waals surface area (Å²) < 4.78 is 13.0. The third-order valence-electron chi connectivity index (χ3n) is 7.50. The van der Waals surface area contributed by atoms with Crippen LogP contribution in [0.2, 0.25) is 0 Å². The Balaban J connectivity index is 1.21. The van der Waals surface area contributed by atoms with Crippen molar-refractivity contribution in [3.8, 4) is 28.8 Å². The molecule has 0 saturated heterocycles. The van der Waals surface area contributed by atoms with Crippen LogP contribution in [-0.4, -0.2) is 14.1 Å². The van der Waals surface area contributed by atoms with Crippen molar-refractivity contribution in [1.29, 1.82) is 0 Å². The zero-order chi connectivity index (χ0) is 27.2. The number of pyridine rings is 1. The third kappa shape index (κ3) is 3.95. The molecule has 0 aliphatic carbocycles. The molecule has 41 heavy (non-hydrogen) atoms. The molecular weight excluding hydrogens is 504 g/mol. The maximum atomic E-state index is 6.39. The van der Waals surface area contributed by atoms with E-state index < -0.39 is 0 Å². The van der Waals surface area contributed by atoms with Gasteiger partial charge in [-0.25, -0.2) is 0 Å². The van der Waals surface area contributed by atoms with Gasteiger partial charge in [-0.15, -0.1) is 0 Å². The van der Waals surface area contributed by atoms with Crippen molar-refractivity contribution in [2.24, 2.45) is 0 Å². The Hall–Kier alpha value is -5.68.